The normalized spacial score (nSPS) is 9.00. The maximum Gasteiger partial charge on any atom is 0.161 e. The van der Waals surface area contributed by atoms with Crippen LogP contribution in [0.5, 0.6) is 11.5 Å². The molecule has 80 valence electrons. The van der Waals surface area contributed by atoms with Crippen molar-refractivity contribution in [3.05, 3.63) is 23.8 Å². The molecule has 1 aromatic rings. The molecule has 1 rings (SSSR count). The van der Waals surface area contributed by atoms with Gasteiger partial charge in [0.1, 0.15) is 0 Å². The van der Waals surface area contributed by atoms with Crippen molar-refractivity contribution in [2.75, 3.05) is 20.0 Å². The molecule has 0 aliphatic rings. The Morgan fingerprint density at radius 2 is 1.93 bits per heavy atom. The van der Waals surface area contributed by atoms with Crippen LogP contribution in [0, 0.1) is 11.2 Å². The fourth-order valence-corrected chi connectivity index (χ4v) is 1.42. The zero-order valence-corrected chi connectivity index (χ0v) is 9.98. The molecule has 0 unspecified atom stereocenters. The Morgan fingerprint density at radius 3 is 2.53 bits per heavy atom. The van der Waals surface area contributed by atoms with E-state index < -0.39 is 0 Å². The van der Waals surface area contributed by atoms with Gasteiger partial charge in [0.2, 0.25) is 0 Å². The summed E-state index contributed by atoms with van der Waals surface area (Å²) in [5, 5.41) is 3.01. The largest absolute Gasteiger partial charge is 0.493 e. The van der Waals surface area contributed by atoms with Crippen LogP contribution in [0.25, 0.3) is 0 Å². The first-order valence-corrected chi connectivity index (χ1v) is 5.65. The van der Waals surface area contributed by atoms with Gasteiger partial charge in [-0.2, -0.15) is 0 Å². The summed E-state index contributed by atoms with van der Waals surface area (Å²) in [5.74, 6) is 5.49. The Bertz CT molecular complexity index is 377. The number of ether oxygens (including phenoxy) is 2. The second-order valence-corrected chi connectivity index (χ2v) is 3.80. The van der Waals surface area contributed by atoms with E-state index in [0.29, 0.717) is 5.75 Å². The van der Waals surface area contributed by atoms with Crippen molar-refractivity contribution in [3.63, 3.8) is 0 Å². The van der Waals surface area contributed by atoms with Crippen LogP contribution in [0.4, 0.5) is 0 Å². The van der Waals surface area contributed by atoms with Gasteiger partial charge in [-0.25, -0.2) is 0 Å². The van der Waals surface area contributed by atoms with E-state index in [4.69, 9.17) is 9.47 Å². The summed E-state index contributed by atoms with van der Waals surface area (Å²) >= 11 is 1.59. The number of benzene rings is 1. The van der Waals surface area contributed by atoms with Crippen molar-refractivity contribution in [2.45, 2.75) is 6.92 Å². The van der Waals surface area contributed by atoms with Crippen LogP contribution in [0.2, 0.25) is 0 Å². The highest BCUT2D eigenvalue weighted by atomic mass is 32.2. The molecule has 0 N–H and O–H groups in total. The lowest BCUT2D eigenvalue weighted by molar-refractivity contribution is 0.355. The first-order valence-electron chi connectivity index (χ1n) is 4.66. The molecule has 0 amide bonds. The maximum absolute atomic E-state index is 5.18. The number of thioether (sulfide) groups is 1. The van der Waals surface area contributed by atoms with Crippen LogP contribution < -0.4 is 9.47 Å². The Kier molecular flexibility index (Phi) is 4.92. The number of rotatable bonds is 3. The summed E-state index contributed by atoms with van der Waals surface area (Å²) in [6, 6.07) is 5.66. The fourth-order valence-electron chi connectivity index (χ4n) is 1.08. The predicted molar refractivity (Wildman–Crippen MR) is 64.6 cm³/mol. The summed E-state index contributed by atoms with van der Waals surface area (Å²) in [5.41, 5.74) is 0.939. The van der Waals surface area contributed by atoms with E-state index in [1.807, 2.05) is 18.2 Å². The van der Waals surface area contributed by atoms with Crippen LogP contribution in [0.15, 0.2) is 18.2 Å². The van der Waals surface area contributed by atoms with E-state index in [1.54, 1.807) is 26.0 Å². The highest BCUT2D eigenvalue weighted by Gasteiger charge is 2.02. The van der Waals surface area contributed by atoms with Gasteiger partial charge in [-0.05, 0) is 23.5 Å². The third-order valence-corrected chi connectivity index (χ3v) is 2.33. The van der Waals surface area contributed by atoms with Gasteiger partial charge in [0, 0.05) is 11.3 Å². The molecule has 0 aromatic heterocycles. The van der Waals surface area contributed by atoms with E-state index in [9.17, 15) is 0 Å². The summed E-state index contributed by atoms with van der Waals surface area (Å²) in [4.78, 5) is 0. The quantitative estimate of drug-likeness (QED) is 0.733. The summed E-state index contributed by atoms with van der Waals surface area (Å²) in [6.07, 6.45) is 0. The average molecular weight is 222 g/mol. The zero-order valence-electron chi connectivity index (χ0n) is 9.16. The molecule has 1 aromatic carbocycles. The molecule has 15 heavy (non-hydrogen) atoms. The minimum Gasteiger partial charge on any atom is -0.493 e. The van der Waals surface area contributed by atoms with Crippen molar-refractivity contribution < 1.29 is 9.47 Å². The van der Waals surface area contributed by atoms with E-state index in [0.717, 1.165) is 17.1 Å². The zero-order chi connectivity index (χ0) is 11.1. The molecule has 2 nitrogen and oxygen atoms in total. The van der Waals surface area contributed by atoms with Crippen molar-refractivity contribution in [2.24, 2.45) is 0 Å². The first kappa shape index (κ1) is 11.8. The lowest BCUT2D eigenvalue weighted by atomic mass is 10.2. The van der Waals surface area contributed by atoms with Gasteiger partial charge in [-0.1, -0.05) is 24.6 Å². The molecule has 0 bridgehead atoms. The first-order chi connectivity index (χ1) is 7.31. The maximum atomic E-state index is 5.18. The van der Waals surface area contributed by atoms with Crippen molar-refractivity contribution in [1.82, 2.24) is 0 Å². The molecule has 0 spiro atoms. The third kappa shape index (κ3) is 3.41. The second-order valence-electron chi connectivity index (χ2n) is 2.73. The van der Waals surface area contributed by atoms with Gasteiger partial charge in [-0.15, -0.1) is 0 Å². The lowest BCUT2D eigenvalue weighted by Crippen LogP contribution is -1.90. The van der Waals surface area contributed by atoms with E-state index in [1.165, 1.54) is 0 Å². The predicted octanol–water partition coefficient (Wildman–Crippen LogP) is 2.77. The van der Waals surface area contributed by atoms with Gasteiger partial charge < -0.3 is 9.47 Å². The van der Waals surface area contributed by atoms with Crippen molar-refractivity contribution in [3.8, 4) is 22.7 Å². The minimum atomic E-state index is 0.714. The van der Waals surface area contributed by atoms with Crippen LogP contribution in [0.3, 0.4) is 0 Å². The third-order valence-electron chi connectivity index (χ3n) is 1.80. The molecule has 0 radical (unpaired) electrons. The van der Waals surface area contributed by atoms with Crippen molar-refractivity contribution >= 4 is 11.8 Å². The number of hydrogen-bond donors (Lipinski definition) is 0. The topological polar surface area (TPSA) is 18.5 Å². The SMILES string of the molecule is CCSC#Cc1ccc(OC)c(OC)c1. The van der Waals surface area contributed by atoms with Crippen molar-refractivity contribution in [1.29, 1.82) is 0 Å². The molecule has 0 saturated heterocycles. The number of methoxy groups -OCH3 is 2. The smallest absolute Gasteiger partial charge is 0.161 e. The van der Waals surface area contributed by atoms with Gasteiger partial charge in [0.05, 0.1) is 14.2 Å². The molecule has 3 heteroatoms. The van der Waals surface area contributed by atoms with Gasteiger partial charge >= 0.3 is 0 Å². The molecule has 0 saturated carbocycles. The van der Waals surface area contributed by atoms with Crippen LogP contribution in [-0.2, 0) is 0 Å². The molecule has 0 aliphatic heterocycles. The molecular formula is C12H14O2S. The Hall–Kier alpha value is -1.27. The van der Waals surface area contributed by atoms with Crippen LogP contribution in [0.1, 0.15) is 12.5 Å². The Morgan fingerprint density at radius 1 is 1.20 bits per heavy atom. The summed E-state index contributed by atoms with van der Waals surface area (Å²) in [7, 11) is 3.24. The van der Waals surface area contributed by atoms with Gasteiger partial charge in [-0.3, -0.25) is 0 Å². The highest BCUT2D eigenvalue weighted by molar-refractivity contribution is 8.03. The fraction of sp³-hybridized carbons (Fsp3) is 0.333. The molecular weight excluding hydrogens is 208 g/mol. The van der Waals surface area contributed by atoms with Crippen LogP contribution >= 0.6 is 11.8 Å². The minimum absolute atomic E-state index is 0.714. The molecule has 0 fully saturated rings. The molecule has 0 aliphatic carbocycles. The monoisotopic (exact) mass is 222 g/mol. The summed E-state index contributed by atoms with van der Waals surface area (Å²) in [6.45, 7) is 2.08. The number of hydrogen-bond acceptors (Lipinski definition) is 3. The lowest BCUT2D eigenvalue weighted by Gasteiger charge is -2.06. The standard InChI is InChI=1S/C12H14O2S/c1-4-15-8-7-10-5-6-11(13-2)12(9-10)14-3/h5-6,9H,4H2,1-3H3. The Labute approximate surface area is 95.0 Å². The second kappa shape index (κ2) is 6.26. The van der Waals surface area contributed by atoms with E-state index in [-0.39, 0.29) is 0 Å². The van der Waals surface area contributed by atoms with Gasteiger partial charge in [0.15, 0.2) is 11.5 Å². The Balaban J connectivity index is 2.89. The summed E-state index contributed by atoms with van der Waals surface area (Å²) < 4.78 is 10.3. The van der Waals surface area contributed by atoms with Gasteiger partial charge in [0.25, 0.3) is 0 Å². The highest BCUT2D eigenvalue weighted by Crippen LogP contribution is 2.27. The average Bonchev–Trinajstić information content (AvgIpc) is 2.29. The van der Waals surface area contributed by atoms with E-state index in [2.05, 4.69) is 18.1 Å². The molecule has 0 heterocycles. The van der Waals surface area contributed by atoms with Crippen LogP contribution in [-0.4, -0.2) is 20.0 Å². The molecule has 0 atom stereocenters. The van der Waals surface area contributed by atoms with E-state index >= 15 is 0 Å².